The summed E-state index contributed by atoms with van der Waals surface area (Å²) in [6.07, 6.45) is 0. The lowest BCUT2D eigenvalue weighted by molar-refractivity contribution is 0.210. The van der Waals surface area contributed by atoms with Crippen LogP contribution in [0.3, 0.4) is 0 Å². The lowest BCUT2D eigenvalue weighted by Crippen LogP contribution is -2.15. The van der Waals surface area contributed by atoms with E-state index in [2.05, 4.69) is 20.2 Å². The minimum Gasteiger partial charge on any atom is -0.494 e. The van der Waals surface area contributed by atoms with E-state index in [0.29, 0.717) is 31.3 Å². The lowest BCUT2D eigenvalue weighted by Gasteiger charge is -2.09. The molecule has 0 saturated heterocycles. The molecule has 2 N–H and O–H groups in total. The van der Waals surface area contributed by atoms with Crippen LogP contribution in [-0.4, -0.2) is 45.5 Å². The molecule has 1 heterocycles. The van der Waals surface area contributed by atoms with E-state index in [4.69, 9.17) is 9.47 Å². The summed E-state index contributed by atoms with van der Waals surface area (Å²) >= 11 is 0. The average molecular weight is 352 g/mol. The molecule has 0 aliphatic rings. The van der Waals surface area contributed by atoms with Crippen LogP contribution in [0.25, 0.3) is 0 Å². The molecule has 8 nitrogen and oxygen atoms in total. The molecule has 0 aliphatic carbocycles. The molecule has 0 radical (unpaired) electrons. The number of rotatable bonds is 9. The molecular formula is C15H20N4O4S. The van der Waals surface area contributed by atoms with Crippen molar-refractivity contribution < 1.29 is 17.9 Å². The minimum atomic E-state index is -3.73. The van der Waals surface area contributed by atoms with Crippen LogP contribution in [0.5, 0.6) is 5.75 Å². The summed E-state index contributed by atoms with van der Waals surface area (Å²) in [5.41, 5.74) is 0. The molecule has 2 aromatic rings. The molecule has 0 aliphatic heterocycles. The fraction of sp³-hybridized carbons (Fsp3) is 0.333. The summed E-state index contributed by atoms with van der Waals surface area (Å²) in [6, 6.07) is 9.33. The highest BCUT2D eigenvalue weighted by Crippen LogP contribution is 2.18. The van der Waals surface area contributed by atoms with Gasteiger partial charge in [-0.15, -0.1) is 10.2 Å². The molecule has 0 bridgehead atoms. The van der Waals surface area contributed by atoms with E-state index >= 15 is 0 Å². The molecule has 0 unspecified atom stereocenters. The van der Waals surface area contributed by atoms with Crippen molar-refractivity contribution >= 4 is 21.7 Å². The Morgan fingerprint density at radius 3 is 2.29 bits per heavy atom. The van der Waals surface area contributed by atoms with Gasteiger partial charge in [0.15, 0.2) is 5.82 Å². The van der Waals surface area contributed by atoms with Gasteiger partial charge in [0, 0.05) is 13.7 Å². The van der Waals surface area contributed by atoms with Gasteiger partial charge < -0.3 is 14.8 Å². The first-order valence-electron chi connectivity index (χ1n) is 7.37. The van der Waals surface area contributed by atoms with Gasteiger partial charge in [0.05, 0.1) is 18.1 Å². The van der Waals surface area contributed by atoms with E-state index in [1.54, 1.807) is 25.3 Å². The first-order valence-corrected chi connectivity index (χ1v) is 8.85. The maximum atomic E-state index is 12.3. The van der Waals surface area contributed by atoms with Gasteiger partial charge in [0.25, 0.3) is 10.0 Å². The van der Waals surface area contributed by atoms with Gasteiger partial charge >= 0.3 is 0 Å². The Hall–Kier alpha value is -2.39. The predicted molar refractivity (Wildman–Crippen MR) is 90.8 cm³/mol. The Morgan fingerprint density at radius 1 is 1.04 bits per heavy atom. The van der Waals surface area contributed by atoms with Gasteiger partial charge in [-0.2, -0.15) is 0 Å². The monoisotopic (exact) mass is 352 g/mol. The van der Waals surface area contributed by atoms with E-state index in [0.717, 1.165) is 0 Å². The number of aromatic nitrogens is 2. The molecule has 130 valence electrons. The number of nitrogens with zero attached hydrogens (tertiary/aromatic N) is 2. The van der Waals surface area contributed by atoms with Crippen LogP contribution >= 0.6 is 0 Å². The highest BCUT2D eigenvalue weighted by molar-refractivity contribution is 7.92. The van der Waals surface area contributed by atoms with Gasteiger partial charge in [-0.1, -0.05) is 0 Å². The number of hydrogen-bond donors (Lipinski definition) is 2. The number of methoxy groups -OCH3 is 1. The topological polar surface area (TPSA) is 102 Å². The number of benzene rings is 1. The third-order valence-electron chi connectivity index (χ3n) is 2.96. The second-order valence-corrected chi connectivity index (χ2v) is 6.42. The Balaban J connectivity index is 2.03. The summed E-state index contributed by atoms with van der Waals surface area (Å²) in [5, 5.41) is 10.7. The van der Waals surface area contributed by atoms with Gasteiger partial charge in [-0.05, 0) is 43.3 Å². The van der Waals surface area contributed by atoms with Crippen molar-refractivity contribution in [1.82, 2.24) is 10.2 Å². The Morgan fingerprint density at radius 2 is 1.71 bits per heavy atom. The minimum absolute atomic E-state index is 0.120. The van der Waals surface area contributed by atoms with E-state index in [9.17, 15) is 8.42 Å². The zero-order chi connectivity index (χ0) is 17.4. The van der Waals surface area contributed by atoms with E-state index in [1.807, 2.05) is 6.92 Å². The van der Waals surface area contributed by atoms with Crippen molar-refractivity contribution in [1.29, 1.82) is 0 Å². The van der Waals surface area contributed by atoms with Crippen molar-refractivity contribution in [3.63, 3.8) is 0 Å². The number of hydrogen-bond acceptors (Lipinski definition) is 7. The lowest BCUT2D eigenvalue weighted by atomic mass is 10.3. The fourth-order valence-corrected chi connectivity index (χ4v) is 2.84. The molecule has 0 amide bonds. The Kier molecular flexibility index (Phi) is 6.33. The number of ether oxygens (including phenoxy) is 2. The van der Waals surface area contributed by atoms with E-state index in [1.165, 1.54) is 18.2 Å². The second-order valence-electron chi connectivity index (χ2n) is 4.73. The van der Waals surface area contributed by atoms with Crippen LogP contribution in [0.4, 0.5) is 11.6 Å². The predicted octanol–water partition coefficient (Wildman–Crippen LogP) is 1.73. The standard InChI is InChI=1S/C15H20N4O4S/c1-3-23-12-4-6-13(7-5-12)24(20,21)19-15-9-8-14(17-18-15)16-10-11-22-2/h4-9H,3,10-11H2,1-2H3,(H,16,17)(H,18,19). The fourth-order valence-electron chi connectivity index (χ4n) is 1.84. The van der Waals surface area contributed by atoms with Crippen LogP contribution < -0.4 is 14.8 Å². The molecule has 2 rings (SSSR count). The molecular weight excluding hydrogens is 332 g/mol. The molecule has 1 aromatic heterocycles. The number of sulfonamides is 1. The zero-order valence-corrected chi connectivity index (χ0v) is 14.3. The number of nitrogens with one attached hydrogen (secondary N) is 2. The van der Waals surface area contributed by atoms with Crippen LogP contribution in [-0.2, 0) is 14.8 Å². The van der Waals surface area contributed by atoms with Crippen LogP contribution in [0.2, 0.25) is 0 Å². The normalized spacial score (nSPS) is 11.1. The van der Waals surface area contributed by atoms with Crippen LogP contribution in [0.15, 0.2) is 41.3 Å². The summed E-state index contributed by atoms with van der Waals surface area (Å²) < 4.78 is 37.2. The number of anilines is 2. The van der Waals surface area contributed by atoms with Gasteiger partial charge in [-0.3, -0.25) is 4.72 Å². The van der Waals surface area contributed by atoms with Crippen LogP contribution in [0.1, 0.15) is 6.92 Å². The summed E-state index contributed by atoms with van der Waals surface area (Å²) in [7, 11) is -2.12. The highest BCUT2D eigenvalue weighted by atomic mass is 32.2. The Bertz CT molecular complexity index is 733. The molecule has 0 saturated carbocycles. The summed E-state index contributed by atoms with van der Waals surface area (Å²) in [4.78, 5) is 0.120. The van der Waals surface area contributed by atoms with Gasteiger partial charge in [-0.25, -0.2) is 8.42 Å². The van der Waals surface area contributed by atoms with E-state index < -0.39 is 10.0 Å². The average Bonchev–Trinajstić information content (AvgIpc) is 2.57. The Labute approximate surface area is 141 Å². The van der Waals surface area contributed by atoms with Crippen molar-refractivity contribution in [3.8, 4) is 5.75 Å². The summed E-state index contributed by atoms with van der Waals surface area (Å²) in [5.74, 6) is 1.29. The molecule has 9 heteroatoms. The van der Waals surface area contributed by atoms with Crippen molar-refractivity contribution in [2.24, 2.45) is 0 Å². The molecule has 0 fully saturated rings. The first-order chi connectivity index (χ1) is 11.5. The molecule has 0 spiro atoms. The van der Waals surface area contributed by atoms with Gasteiger partial charge in [0.1, 0.15) is 11.6 Å². The highest BCUT2D eigenvalue weighted by Gasteiger charge is 2.15. The quantitative estimate of drug-likeness (QED) is 0.663. The summed E-state index contributed by atoms with van der Waals surface area (Å²) in [6.45, 7) is 3.50. The SMILES string of the molecule is CCOc1ccc(S(=O)(=O)Nc2ccc(NCCOC)nn2)cc1. The maximum absolute atomic E-state index is 12.3. The molecule has 24 heavy (non-hydrogen) atoms. The first kappa shape index (κ1) is 18.0. The second kappa shape index (κ2) is 8.46. The van der Waals surface area contributed by atoms with Crippen molar-refractivity contribution in [3.05, 3.63) is 36.4 Å². The molecule has 1 aromatic carbocycles. The third kappa shape index (κ3) is 5.07. The third-order valence-corrected chi connectivity index (χ3v) is 4.33. The van der Waals surface area contributed by atoms with Crippen molar-refractivity contribution in [2.45, 2.75) is 11.8 Å². The van der Waals surface area contributed by atoms with E-state index in [-0.39, 0.29) is 10.7 Å². The smallest absolute Gasteiger partial charge is 0.263 e. The largest absolute Gasteiger partial charge is 0.494 e. The van der Waals surface area contributed by atoms with Crippen LogP contribution in [0, 0.1) is 0 Å². The molecule has 0 atom stereocenters. The maximum Gasteiger partial charge on any atom is 0.263 e. The van der Waals surface area contributed by atoms with Crippen molar-refractivity contribution in [2.75, 3.05) is 36.9 Å². The van der Waals surface area contributed by atoms with Gasteiger partial charge in [0.2, 0.25) is 0 Å². The zero-order valence-electron chi connectivity index (χ0n) is 13.5.